The second kappa shape index (κ2) is 4.19. The van der Waals surface area contributed by atoms with Crippen molar-refractivity contribution in [2.24, 2.45) is 5.73 Å². The number of nitrogens with two attached hydrogens (primary N) is 1. The molecule has 3 nitrogen and oxygen atoms in total. The minimum Gasteiger partial charge on any atom is -0.480 e. The van der Waals surface area contributed by atoms with Gasteiger partial charge in [0.25, 0.3) is 0 Å². The number of aliphatic carboxylic acids is 1. The van der Waals surface area contributed by atoms with E-state index in [-0.39, 0.29) is 18.4 Å². The smallest absolute Gasteiger partial charge is 0.416 e. The molecule has 0 aromatic heterocycles. The van der Waals surface area contributed by atoms with Crippen molar-refractivity contribution >= 4 is 5.97 Å². The van der Waals surface area contributed by atoms with Crippen LogP contribution in [0.5, 0.6) is 0 Å². The number of carboxylic acid groups (broad SMARTS) is 1. The van der Waals surface area contributed by atoms with Gasteiger partial charge in [0, 0.05) is 5.41 Å². The maximum atomic E-state index is 13.7. The van der Waals surface area contributed by atoms with Crippen molar-refractivity contribution in [3.63, 3.8) is 0 Å². The topological polar surface area (TPSA) is 63.3 Å². The molecule has 104 valence electrons. The minimum atomic E-state index is -4.61. The third-order valence-corrected chi connectivity index (χ3v) is 3.48. The molecule has 3 N–H and O–H groups in total. The van der Waals surface area contributed by atoms with Crippen molar-refractivity contribution in [2.75, 3.05) is 0 Å². The number of halogens is 4. The first-order chi connectivity index (χ1) is 8.68. The van der Waals surface area contributed by atoms with Gasteiger partial charge in [-0.25, -0.2) is 4.39 Å². The van der Waals surface area contributed by atoms with Crippen molar-refractivity contribution in [1.82, 2.24) is 0 Å². The zero-order valence-electron chi connectivity index (χ0n) is 9.67. The van der Waals surface area contributed by atoms with Gasteiger partial charge in [0.15, 0.2) is 0 Å². The summed E-state index contributed by atoms with van der Waals surface area (Å²) in [5, 5.41) is 8.87. The molecule has 1 saturated carbocycles. The number of carbonyl (C=O) groups is 1. The van der Waals surface area contributed by atoms with E-state index >= 15 is 0 Å². The van der Waals surface area contributed by atoms with E-state index in [2.05, 4.69) is 0 Å². The van der Waals surface area contributed by atoms with Crippen LogP contribution in [0.1, 0.15) is 24.0 Å². The van der Waals surface area contributed by atoms with Crippen molar-refractivity contribution in [3.05, 3.63) is 35.1 Å². The zero-order chi connectivity index (χ0) is 14.4. The maximum absolute atomic E-state index is 13.7. The largest absolute Gasteiger partial charge is 0.480 e. The molecule has 0 saturated heterocycles. The van der Waals surface area contributed by atoms with Crippen LogP contribution in [0.25, 0.3) is 0 Å². The molecule has 1 aromatic carbocycles. The predicted molar refractivity (Wildman–Crippen MR) is 57.9 cm³/mol. The Labute approximate surface area is 106 Å². The fourth-order valence-electron chi connectivity index (χ4n) is 2.20. The van der Waals surface area contributed by atoms with Crippen molar-refractivity contribution < 1.29 is 27.5 Å². The molecule has 0 heterocycles. The molecule has 2 rings (SSSR count). The summed E-state index contributed by atoms with van der Waals surface area (Å²) in [6.45, 7) is 0. The van der Waals surface area contributed by atoms with E-state index in [1.807, 2.05) is 0 Å². The summed E-state index contributed by atoms with van der Waals surface area (Å²) in [7, 11) is 0. The quantitative estimate of drug-likeness (QED) is 0.833. The van der Waals surface area contributed by atoms with Crippen LogP contribution < -0.4 is 5.73 Å². The predicted octanol–water partition coefficient (Wildman–Crippen LogP) is 2.29. The van der Waals surface area contributed by atoms with Gasteiger partial charge in [-0.15, -0.1) is 0 Å². The normalized spacial score (nSPS) is 19.0. The highest BCUT2D eigenvalue weighted by molar-refractivity contribution is 5.77. The molecule has 0 radical (unpaired) electrons. The Morgan fingerprint density at radius 2 is 1.95 bits per heavy atom. The molecule has 0 aliphatic heterocycles. The Balaban J connectivity index is 2.48. The van der Waals surface area contributed by atoms with Gasteiger partial charge in [-0.3, -0.25) is 4.79 Å². The van der Waals surface area contributed by atoms with Gasteiger partial charge in [-0.05, 0) is 36.6 Å². The van der Waals surface area contributed by atoms with Crippen molar-refractivity contribution in [1.29, 1.82) is 0 Å². The van der Waals surface area contributed by atoms with Crippen LogP contribution in [0.4, 0.5) is 17.6 Å². The molecule has 1 unspecified atom stereocenters. The maximum Gasteiger partial charge on any atom is 0.416 e. The number of hydrogen-bond acceptors (Lipinski definition) is 2. The Morgan fingerprint density at radius 3 is 2.37 bits per heavy atom. The molecule has 1 fully saturated rings. The van der Waals surface area contributed by atoms with Crippen molar-refractivity contribution in [2.45, 2.75) is 30.5 Å². The molecule has 19 heavy (non-hydrogen) atoms. The third-order valence-electron chi connectivity index (χ3n) is 3.48. The first kappa shape index (κ1) is 13.8. The van der Waals surface area contributed by atoms with E-state index in [0.29, 0.717) is 18.2 Å². The van der Waals surface area contributed by atoms with E-state index in [1.165, 1.54) is 0 Å². The van der Waals surface area contributed by atoms with Gasteiger partial charge in [0.05, 0.1) is 5.56 Å². The lowest BCUT2D eigenvalue weighted by Crippen LogP contribution is -2.42. The molecule has 0 bridgehead atoms. The molecule has 0 amide bonds. The highest BCUT2D eigenvalue weighted by atomic mass is 19.4. The fourth-order valence-corrected chi connectivity index (χ4v) is 2.20. The summed E-state index contributed by atoms with van der Waals surface area (Å²) in [6, 6.07) is 0.574. The molecule has 7 heteroatoms. The van der Waals surface area contributed by atoms with E-state index < -0.39 is 35.0 Å². The monoisotopic (exact) mass is 277 g/mol. The molecule has 1 atom stereocenters. The van der Waals surface area contributed by atoms with Gasteiger partial charge in [0.2, 0.25) is 0 Å². The van der Waals surface area contributed by atoms with Crippen LogP contribution in [-0.2, 0) is 16.4 Å². The molecular formula is C12H11F4NO2. The van der Waals surface area contributed by atoms with E-state index in [4.69, 9.17) is 10.8 Å². The third kappa shape index (κ3) is 2.30. The second-order valence-electron chi connectivity index (χ2n) is 4.66. The standard InChI is InChI=1S/C12H11F4NO2/c13-8-2-1-6(12(14,15)16)5-7(8)11(3-4-11)9(17)10(18)19/h1-2,5,9H,3-4,17H2,(H,18,19). The van der Waals surface area contributed by atoms with Gasteiger partial charge >= 0.3 is 12.1 Å². The number of benzene rings is 1. The zero-order valence-corrected chi connectivity index (χ0v) is 9.67. The van der Waals surface area contributed by atoms with Gasteiger partial charge in [-0.2, -0.15) is 13.2 Å². The van der Waals surface area contributed by atoms with E-state index in [9.17, 15) is 22.4 Å². The second-order valence-corrected chi connectivity index (χ2v) is 4.66. The lowest BCUT2D eigenvalue weighted by Gasteiger charge is -2.22. The minimum absolute atomic E-state index is 0.263. The van der Waals surface area contributed by atoms with Crippen LogP contribution in [0.3, 0.4) is 0 Å². The fraction of sp³-hybridized carbons (Fsp3) is 0.417. The van der Waals surface area contributed by atoms with Crippen LogP contribution in [-0.4, -0.2) is 17.1 Å². The highest BCUT2D eigenvalue weighted by Gasteiger charge is 2.54. The molecule has 0 spiro atoms. The molecule has 1 aliphatic carbocycles. The average molecular weight is 277 g/mol. The number of hydrogen-bond donors (Lipinski definition) is 2. The van der Waals surface area contributed by atoms with Crippen LogP contribution in [0.2, 0.25) is 0 Å². The first-order valence-corrected chi connectivity index (χ1v) is 5.54. The van der Waals surface area contributed by atoms with E-state index in [1.54, 1.807) is 0 Å². The number of rotatable bonds is 3. The van der Waals surface area contributed by atoms with Gasteiger partial charge in [0.1, 0.15) is 11.9 Å². The van der Waals surface area contributed by atoms with Crippen LogP contribution in [0, 0.1) is 5.82 Å². The molecular weight excluding hydrogens is 266 g/mol. The van der Waals surface area contributed by atoms with Crippen LogP contribution >= 0.6 is 0 Å². The average Bonchev–Trinajstić information content (AvgIpc) is 3.08. The summed E-state index contributed by atoms with van der Waals surface area (Å²) in [4.78, 5) is 10.9. The summed E-state index contributed by atoms with van der Waals surface area (Å²) in [6.07, 6.45) is -4.08. The molecule has 1 aliphatic rings. The summed E-state index contributed by atoms with van der Waals surface area (Å²) in [5.74, 6) is -2.21. The lowest BCUT2D eigenvalue weighted by molar-refractivity contribution is -0.139. The van der Waals surface area contributed by atoms with Gasteiger partial charge < -0.3 is 10.8 Å². The molecule has 1 aromatic rings. The number of alkyl halides is 3. The summed E-state index contributed by atoms with van der Waals surface area (Å²) in [5.41, 5.74) is 2.97. The SMILES string of the molecule is NC(C(=O)O)C1(c2cc(C(F)(F)F)ccc2F)CC1. The van der Waals surface area contributed by atoms with E-state index in [0.717, 1.165) is 0 Å². The highest BCUT2D eigenvalue weighted by Crippen LogP contribution is 2.52. The number of carboxylic acids is 1. The Hall–Kier alpha value is -1.63. The Morgan fingerprint density at radius 1 is 1.37 bits per heavy atom. The van der Waals surface area contributed by atoms with Crippen molar-refractivity contribution in [3.8, 4) is 0 Å². The lowest BCUT2D eigenvalue weighted by atomic mass is 9.87. The Bertz CT molecular complexity index is 523. The Kier molecular flexibility index (Phi) is 3.04. The summed E-state index contributed by atoms with van der Waals surface area (Å²) >= 11 is 0. The summed E-state index contributed by atoms with van der Waals surface area (Å²) < 4.78 is 51.5. The first-order valence-electron chi connectivity index (χ1n) is 5.54. The van der Waals surface area contributed by atoms with Crippen LogP contribution in [0.15, 0.2) is 18.2 Å². The van der Waals surface area contributed by atoms with Gasteiger partial charge in [-0.1, -0.05) is 0 Å².